The first-order valence-electron chi connectivity index (χ1n) is 3.07. The zero-order chi connectivity index (χ0) is 6.97. The van der Waals surface area contributed by atoms with Gasteiger partial charge in [-0.15, -0.1) is 6.42 Å². The normalized spacial score (nSPS) is 13.9. The molecular formula is C7H6N2O. The van der Waals surface area contributed by atoms with Crippen LogP contribution in [0.2, 0.25) is 0 Å². The van der Waals surface area contributed by atoms with E-state index in [1.54, 1.807) is 10.9 Å². The van der Waals surface area contributed by atoms with E-state index >= 15 is 0 Å². The van der Waals surface area contributed by atoms with Gasteiger partial charge in [-0.25, -0.2) is 4.68 Å². The molecular weight excluding hydrogens is 128 g/mol. The van der Waals surface area contributed by atoms with Crippen LogP contribution in [0.3, 0.4) is 0 Å². The summed E-state index contributed by atoms with van der Waals surface area (Å²) in [5.74, 6) is 3.24. The summed E-state index contributed by atoms with van der Waals surface area (Å²) in [5, 5.41) is 4.02. The number of terminal acetylenes is 1. The lowest BCUT2D eigenvalue weighted by Gasteiger charge is -1.90. The number of fused-ring (bicyclic) bond motifs is 1. The van der Waals surface area contributed by atoms with E-state index in [-0.39, 0.29) is 0 Å². The summed E-state index contributed by atoms with van der Waals surface area (Å²) < 4.78 is 6.99. The summed E-state index contributed by atoms with van der Waals surface area (Å²) in [6.07, 6.45) is 6.83. The maximum absolute atomic E-state index is 5.22. The Balaban J connectivity index is 2.57. The second-order valence-electron chi connectivity index (χ2n) is 2.08. The lowest BCUT2D eigenvalue weighted by Crippen LogP contribution is -1.93. The third kappa shape index (κ3) is 0.532. The fourth-order valence-corrected chi connectivity index (χ4v) is 1.01. The summed E-state index contributed by atoms with van der Waals surface area (Å²) in [7, 11) is 0. The van der Waals surface area contributed by atoms with Gasteiger partial charge in [-0.05, 0) is 0 Å². The van der Waals surface area contributed by atoms with Gasteiger partial charge >= 0.3 is 0 Å². The highest BCUT2D eigenvalue weighted by molar-refractivity contribution is 5.39. The van der Waals surface area contributed by atoms with Gasteiger partial charge in [0.2, 0.25) is 5.88 Å². The molecule has 0 unspecified atom stereocenters. The van der Waals surface area contributed by atoms with Crippen molar-refractivity contribution in [2.24, 2.45) is 0 Å². The van der Waals surface area contributed by atoms with E-state index in [1.165, 1.54) is 0 Å². The van der Waals surface area contributed by atoms with Crippen molar-refractivity contribution in [1.82, 2.24) is 9.78 Å². The van der Waals surface area contributed by atoms with Gasteiger partial charge < -0.3 is 4.74 Å². The minimum absolute atomic E-state index is 0.692. The van der Waals surface area contributed by atoms with Gasteiger partial charge in [-0.3, -0.25) is 0 Å². The van der Waals surface area contributed by atoms with Crippen LogP contribution in [0, 0.1) is 12.3 Å². The molecule has 1 aromatic rings. The van der Waals surface area contributed by atoms with Crippen LogP contribution in [0.4, 0.5) is 0 Å². The molecule has 1 aliphatic heterocycles. The lowest BCUT2D eigenvalue weighted by atomic mass is 10.4. The van der Waals surface area contributed by atoms with E-state index in [1.807, 2.05) is 0 Å². The second kappa shape index (κ2) is 1.77. The SMILES string of the molecule is C#Cc1cnn2c1OCC2. The predicted molar refractivity (Wildman–Crippen MR) is 35.7 cm³/mol. The number of aromatic nitrogens is 2. The van der Waals surface area contributed by atoms with E-state index in [9.17, 15) is 0 Å². The smallest absolute Gasteiger partial charge is 0.228 e. The molecule has 2 rings (SSSR count). The summed E-state index contributed by atoms with van der Waals surface area (Å²) >= 11 is 0. The summed E-state index contributed by atoms with van der Waals surface area (Å²) in [6, 6.07) is 0. The van der Waals surface area contributed by atoms with E-state index in [4.69, 9.17) is 11.2 Å². The van der Waals surface area contributed by atoms with Crippen molar-refractivity contribution in [2.75, 3.05) is 6.61 Å². The van der Waals surface area contributed by atoms with E-state index in [0.717, 1.165) is 18.0 Å². The highest BCUT2D eigenvalue weighted by atomic mass is 16.5. The molecule has 2 heterocycles. The van der Waals surface area contributed by atoms with Crippen molar-refractivity contribution in [3.8, 4) is 18.2 Å². The molecule has 0 aliphatic carbocycles. The molecule has 3 nitrogen and oxygen atoms in total. The van der Waals surface area contributed by atoms with Crippen LogP contribution in [0.5, 0.6) is 5.88 Å². The molecule has 1 aliphatic rings. The molecule has 0 amide bonds. The van der Waals surface area contributed by atoms with Crippen molar-refractivity contribution in [3.05, 3.63) is 11.8 Å². The average Bonchev–Trinajstić information content (AvgIpc) is 2.44. The molecule has 0 aromatic carbocycles. The molecule has 50 valence electrons. The zero-order valence-corrected chi connectivity index (χ0v) is 5.37. The molecule has 3 heteroatoms. The Hall–Kier alpha value is -1.43. The maximum Gasteiger partial charge on any atom is 0.228 e. The van der Waals surface area contributed by atoms with Gasteiger partial charge in [0.15, 0.2) is 0 Å². The second-order valence-corrected chi connectivity index (χ2v) is 2.08. The molecule has 0 spiro atoms. The molecule has 0 radical (unpaired) electrons. The monoisotopic (exact) mass is 134 g/mol. The first-order valence-corrected chi connectivity index (χ1v) is 3.07. The molecule has 0 bridgehead atoms. The zero-order valence-electron chi connectivity index (χ0n) is 5.37. The average molecular weight is 134 g/mol. The molecule has 0 saturated carbocycles. The van der Waals surface area contributed by atoms with Gasteiger partial charge in [0.05, 0.1) is 12.7 Å². The van der Waals surface area contributed by atoms with E-state index in [2.05, 4.69) is 11.0 Å². The molecule has 0 fully saturated rings. The fraction of sp³-hybridized carbons (Fsp3) is 0.286. The molecule has 0 N–H and O–H groups in total. The Morgan fingerprint density at radius 2 is 2.70 bits per heavy atom. The van der Waals surface area contributed by atoms with Crippen LogP contribution in [0.25, 0.3) is 0 Å². The third-order valence-electron chi connectivity index (χ3n) is 1.49. The van der Waals surface area contributed by atoms with Crippen LogP contribution in [0.1, 0.15) is 5.56 Å². The van der Waals surface area contributed by atoms with Crippen LogP contribution in [0.15, 0.2) is 6.20 Å². The summed E-state index contributed by atoms with van der Waals surface area (Å²) in [6.45, 7) is 1.51. The van der Waals surface area contributed by atoms with Crippen molar-refractivity contribution < 1.29 is 4.74 Å². The number of ether oxygens (including phenoxy) is 1. The fourth-order valence-electron chi connectivity index (χ4n) is 1.01. The van der Waals surface area contributed by atoms with E-state index in [0.29, 0.717) is 6.61 Å². The Morgan fingerprint density at radius 1 is 1.80 bits per heavy atom. The summed E-state index contributed by atoms with van der Waals surface area (Å²) in [4.78, 5) is 0. The first-order chi connectivity index (χ1) is 4.92. The number of hydrogen-bond acceptors (Lipinski definition) is 2. The van der Waals surface area contributed by atoms with Gasteiger partial charge in [0.25, 0.3) is 0 Å². The van der Waals surface area contributed by atoms with E-state index < -0.39 is 0 Å². The Labute approximate surface area is 58.6 Å². The van der Waals surface area contributed by atoms with Gasteiger partial charge in [0, 0.05) is 0 Å². The standard InChI is InChI=1S/C7H6N2O/c1-2-6-5-8-9-3-4-10-7(6)9/h1,5H,3-4H2. The van der Waals surface area contributed by atoms with Crippen LogP contribution < -0.4 is 4.74 Å². The van der Waals surface area contributed by atoms with Crippen LogP contribution >= 0.6 is 0 Å². The summed E-state index contributed by atoms with van der Waals surface area (Å²) in [5.41, 5.74) is 0.748. The highest BCUT2D eigenvalue weighted by Crippen LogP contribution is 2.20. The molecule has 10 heavy (non-hydrogen) atoms. The molecule has 0 saturated heterocycles. The highest BCUT2D eigenvalue weighted by Gasteiger charge is 2.15. The van der Waals surface area contributed by atoms with Crippen molar-refractivity contribution in [2.45, 2.75) is 6.54 Å². The lowest BCUT2D eigenvalue weighted by molar-refractivity contribution is 0.356. The Morgan fingerprint density at radius 3 is 3.50 bits per heavy atom. The topological polar surface area (TPSA) is 27.1 Å². The Kier molecular flexibility index (Phi) is 0.952. The van der Waals surface area contributed by atoms with Crippen molar-refractivity contribution in [1.29, 1.82) is 0 Å². The van der Waals surface area contributed by atoms with Crippen LogP contribution in [-0.2, 0) is 6.54 Å². The van der Waals surface area contributed by atoms with Gasteiger partial charge in [0.1, 0.15) is 12.2 Å². The number of rotatable bonds is 0. The van der Waals surface area contributed by atoms with Crippen molar-refractivity contribution in [3.63, 3.8) is 0 Å². The minimum atomic E-state index is 0.692. The third-order valence-corrected chi connectivity index (χ3v) is 1.49. The molecule has 1 aromatic heterocycles. The predicted octanol–water partition coefficient (Wildman–Crippen LogP) is 0.257. The van der Waals surface area contributed by atoms with Gasteiger partial charge in [-0.2, -0.15) is 5.10 Å². The maximum atomic E-state index is 5.22. The van der Waals surface area contributed by atoms with Crippen LogP contribution in [-0.4, -0.2) is 16.4 Å². The quantitative estimate of drug-likeness (QED) is 0.476. The number of hydrogen-bond donors (Lipinski definition) is 0. The molecule has 0 atom stereocenters. The largest absolute Gasteiger partial charge is 0.475 e. The number of nitrogens with zero attached hydrogens (tertiary/aromatic N) is 2. The Bertz CT molecular complexity index is 295. The minimum Gasteiger partial charge on any atom is -0.475 e. The van der Waals surface area contributed by atoms with Crippen molar-refractivity contribution >= 4 is 0 Å². The van der Waals surface area contributed by atoms with Gasteiger partial charge in [-0.1, -0.05) is 5.92 Å². The first kappa shape index (κ1) is 5.36.